The molecule has 0 unspecified atom stereocenters. The average molecular weight is 283 g/mol. The number of ether oxygens (including phenoxy) is 1. The summed E-state index contributed by atoms with van der Waals surface area (Å²) >= 11 is 1.43. The monoisotopic (exact) mass is 283 g/mol. The van der Waals surface area contributed by atoms with E-state index in [1.807, 2.05) is 7.05 Å². The van der Waals surface area contributed by atoms with Gasteiger partial charge in [0.15, 0.2) is 0 Å². The van der Waals surface area contributed by atoms with E-state index in [-0.39, 0.29) is 6.61 Å². The first kappa shape index (κ1) is 15.3. The number of aromatic nitrogens is 2. The molecule has 0 saturated carbocycles. The molecule has 0 fully saturated rings. The number of halogens is 3. The van der Waals surface area contributed by atoms with Gasteiger partial charge in [-0.2, -0.15) is 13.2 Å². The van der Waals surface area contributed by atoms with Crippen LogP contribution in [0.5, 0.6) is 0 Å². The van der Waals surface area contributed by atoms with E-state index in [2.05, 4.69) is 20.3 Å². The summed E-state index contributed by atoms with van der Waals surface area (Å²) in [5, 5.41) is 12.6. The van der Waals surface area contributed by atoms with Crippen molar-refractivity contribution in [3.63, 3.8) is 0 Å². The quantitative estimate of drug-likeness (QED) is 0.739. The summed E-state index contributed by atoms with van der Waals surface area (Å²) in [5.41, 5.74) is 0. The second-order valence-corrected chi connectivity index (χ2v) is 4.86. The summed E-state index contributed by atoms with van der Waals surface area (Å²) in [6.07, 6.45) is -2.09. The number of rotatable bonds is 8. The summed E-state index contributed by atoms with van der Waals surface area (Å²) in [6, 6.07) is 0. The molecule has 0 amide bonds. The maximum Gasteiger partial charge on any atom is 0.411 e. The Morgan fingerprint density at radius 2 is 1.89 bits per heavy atom. The molecule has 1 aromatic heterocycles. The largest absolute Gasteiger partial charge is 0.411 e. The van der Waals surface area contributed by atoms with Gasteiger partial charge in [-0.15, -0.1) is 21.5 Å². The van der Waals surface area contributed by atoms with Crippen molar-refractivity contribution in [2.24, 2.45) is 0 Å². The number of hydrogen-bond donors (Lipinski definition) is 1. The van der Waals surface area contributed by atoms with Crippen LogP contribution in [0.1, 0.15) is 16.4 Å². The van der Waals surface area contributed by atoms with Gasteiger partial charge in [-0.05, 0) is 20.0 Å². The normalized spacial score (nSPS) is 12.0. The van der Waals surface area contributed by atoms with Crippen LogP contribution in [0.25, 0.3) is 0 Å². The van der Waals surface area contributed by atoms with Crippen LogP contribution in [0.3, 0.4) is 0 Å². The fourth-order valence-corrected chi connectivity index (χ4v) is 2.12. The third-order valence-corrected chi connectivity index (χ3v) is 3.09. The van der Waals surface area contributed by atoms with Crippen molar-refractivity contribution in [3.05, 3.63) is 10.0 Å². The molecule has 1 aromatic rings. The summed E-state index contributed by atoms with van der Waals surface area (Å²) in [5.74, 6) is 0. The zero-order chi connectivity index (χ0) is 13.4. The van der Waals surface area contributed by atoms with Crippen molar-refractivity contribution in [1.82, 2.24) is 15.5 Å². The lowest BCUT2D eigenvalue weighted by Crippen LogP contribution is -2.17. The van der Waals surface area contributed by atoms with Crippen molar-refractivity contribution in [2.45, 2.75) is 25.4 Å². The zero-order valence-electron chi connectivity index (χ0n) is 10.1. The lowest BCUT2D eigenvalue weighted by molar-refractivity contribution is -0.173. The Morgan fingerprint density at radius 3 is 2.50 bits per heavy atom. The molecule has 4 nitrogen and oxygen atoms in total. The average Bonchev–Trinajstić information content (AvgIpc) is 2.72. The molecule has 1 heterocycles. The van der Waals surface area contributed by atoms with E-state index in [4.69, 9.17) is 0 Å². The highest BCUT2D eigenvalue weighted by Crippen LogP contribution is 2.15. The predicted octanol–water partition coefficient (Wildman–Crippen LogP) is 1.81. The van der Waals surface area contributed by atoms with Crippen molar-refractivity contribution < 1.29 is 17.9 Å². The van der Waals surface area contributed by atoms with E-state index in [1.54, 1.807) is 0 Å². The molecule has 0 radical (unpaired) electrons. The van der Waals surface area contributed by atoms with Gasteiger partial charge in [-0.1, -0.05) is 0 Å². The minimum atomic E-state index is -4.26. The molecule has 0 spiro atoms. The SMILES string of the molecule is CNCCCc1nnc(CCOCC(F)(F)F)s1. The summed E-state index contributed by atoms with van der Waals surface area (Å²) in [7, 11) is 1.88. The van der Waals surface area contributed by atoms with Gasteiger partial charge >= 0.3 is 6.18 Å². The van der Waals surface area contributed by atoms with Crippen molar-refractivity contribution in [1.29, 1.82) is 0 Å². The van der Waals surface area contributed by atoms with E-state index < -0.39 is 12.8 Å². The van der Waals surface area contributed by atoms with Crippen LogP contribution >= 0.6 is 11.3 Å². The maximum atomic E-state index is 11.8. The van der Waals surface area contributed by atoms with Gasteiger partial charge in [0.2, 0.25) is 0 Å². The highest BCUT2D eigenvalue weighted by atomic mass is 32.1. The molecular weight excluding hydrogens is 267 g/mol. The number of hydrogen-bond acceptors (Lipinski definition) is 5. The highest BCUT2D eigenvalue weighted by molar-refractivity contribution is 7.11. The van der Waals surface area contributed by atoms with Crippen LogP contribution in [-0.4, -0.2) is 43.2 Å². The van der Waals surface area contributed by atoms with Crippen molar-refractivity contribution in [2.75, 3.05) is 26.8 Å². The molecule has 0 aliphatic carbocycles. The van der Waals surface area contributed by atoms with E-state index >= 15 is 0 Å². The fourth-order valence-electron chi connectivity index (χ4n) is 1.25. The number of nitrogens with zero attached hydrogens (tertiary/aromatic N) is 2. The molecule has 0 aliphatic rings. The van der Waals surface area contributed by atoms with Gasteiger partial charge < -0.3 is 10.1 Å². The van der Waals surface area contributed by atoms with Gasteiger partial charge in [0.1, 0.15) is 16.6 Å². The molecule has 0 saturated heterocycles. The highest BCUT2D eigenvalue weighted by Gasteiger charge is 2.27. The molecule has 104 valence electrons. The van der Waals surface area contributed by atoms with Gasteiger partial charge in [-0.25, -0.2) is 0 Å². The smallest absolute Gasteiger partial charge is 0.372 e. The van der Waals surface area contributed by atoms with E-state index in [0.29, 0.717) is 6.42 Å². The van der Waals surface area contributed by atoms with E-state index in [0.717, 1.165) is 29.4 Å². The van der Waals surface area contributed by atoms with Crippen LogP contribution in [0.4, 0.5) is 13.2 Å². The van der Waals surface area contributed by atoms with Crippen LogP contribution in [0.15, 0.2) is 0 Å². The molecule has 1 rings (SSSR count). The zero-order valence-corrected chi connectivity index (χ0v) is 10.9. The van der Waals surface area contributed by atoms with Gasteiger partial charge in [0, 0.05) is 12.8 Å². The Kier molecular flexibility index (Phi) is 6.51. The molecule has 8 heteroatoms. The Bertz CT molecular complexity index is 343. The first-order valence-corrected chi connectivity index (χ1v) is 6.43. The second-order valence-electron chi connectivity index (χ2n) is 3.71. The lowest BCUT2D eigenvalue weighted by Gasteiger charge is -2.05. The molecule has 0 bridgehead atoms. The van der Waals surface area contributed by atoms with Crippen LogP contribution < -0.4 is 5.32 Å². The Labute approximate surface area is 108 Å². The first-order chi connectivity index (χ1) is 8.51. The number of nitrogens with one attached hydrogen (secondary N) is 1. The van der Waals surface area contributed by atoms with Crippen molar-refractivity contribution >= 4 is 11.3 Å². The fraction of sp³-hybridized carbons (Fsp3) is 0.800. The Balaban J connectivity index is 2.19. The molecule has 1 N–H and O–H groups in total. The van der Waals surface area contributed by atoms with Gasteiger partial charge in [-0.3, -0.25) is 0 Å². The second kappa shape index (κ2) is 7.65. The Morgan fingerprint density at radius 1 is 1.22 bits per heavy atom. The van der Waals surface area contributed by atoms with Crippen LogP contribution in [-0.2, 0) is 17.6 Å². The summed E-state index contributed by atoms with van der Waals surface area (Å²) in [4.78, 5) is 0. The molecule has 0 atom stereocenters. The molecular formula is C10H16F3N3OS. The van der Waals surface area contributed by atoms with Crippen molar-refractivity contribution in [3.8, 4) is 0 Å². The number of aryl methyl sites for hydroxylation is 1. The number of alkyl halides is 3. The Hall–Kier alpha value is -0.730. The summed E-state index contributed by atoms with van der Waals surface area (Å²) in [6.45, 7) is -0.283. The minimum Gasteiger partial charge on any atom is -0.372 e. The topological polar surface area (TPSA) is 47.0 Å². The minimum absolute atomic E-state index is 0.0185. The maximum absolute atomic E-state index is 11.8. The predicted molar refractivity (Wildman–Crippen MR) is 62.7 cm³/mol. The lowest BCUT2D eigenvalue weighted by atomic mass is 10.3. The molecule has 0 aromatic carbocycles. The summed E-state index contributed by atoms with van der Waals surface area (Å²) < 4.78 is 39.9. The third kappa shape index (κ3) is 6.87. The van der Waals surface area contributed by atoms with Crippen LogP contribution in [0, 0.1) is 0 Å². The standard InChI is InChI=1S/C10H16F3N3OS/c1-14-5-2-3-8-15-16-9(18-8)4-6-17-7-10(11,12)13/h14H,2-7H2,1H3. The van der Waals surface area contributed by atoms with Crippen LogP contribution in [0.2, 0.25) is 0 Å². The van der Waals surface area contributed by atoms with Gasteiger partial charge in [0.25, 0.3) is 0 Å². The third-order valence-electron chi connectivity index (χ3n) is 2.05. The first-order valence-electron chi connectivity index (χ1n) is 5.61. The van der Waals surface area contributed by atoms with Gasteiger partial charge in [0.05, 0.1) is 6.61 Å². The van der Waals surface area contributed by atoms with E-state index in [1.165, 1.54) is 11.3 Å². The molecule has 18 heavy (non-hydrogen) atoms. The molecule has 0 aliphatic heterocycles. The van der Waals surface area contributed by atoms with E-state index in [9.17, 15) is 13.2 Å².